The summed E-state index contributed by atoms with van der Waals surface area (Å²) in [5.74, 6) is -1.00. The average molecular weight is 617 g/mol. The first-order chi connectivity index (χ1) is 20.7. The second-order valence-electron chi connectivity index (χ2n) is 10.5. The highest BCUT2D eigenvalue weighted by Gasteiger charge is 2.38. The van der Waals surface area contributed by atoms with Crippen LogP contribution >= 0.6 is 0 Å². The summed E-state index contributed by atoms with van der Waals surface area (Å²) in [5.41, 5.74) is -1.83. The average Bonchev–Trinajstić information content (AvgIpc) is 2.97. The van der Waals surface area contributed by atoms with Gasteiger partial charge in [0.1, 0.15) is 5.75 Å². The molecule has 0 aromatic heterocycles. The van der Waals surface area contributed by atoms with Gasteiger partial charge in [-0.15, -0.1) is 0 Å². The van der Waals surface area contributed by atoms with Gasteiger partial charge in [0, 0.05) is 25.1 Å². The third-order valence-corrected chi connectivity index (χ3v) is 7.32. The first kappa shape index (κ1) is 32.4. The number of benzene rings is 4. The second-order valence-corrected chi connectivity index (χ2v) is 10.5. The molecule has 0 fully saturated rings. The predicted octanol–water partition coefficient (Wildman–Crippen LogP) is 8.30. The van der Waals surface area contributed by atoms with Crippen LogP contribution in [0.2, 0.25) is 0 Å². The van der Waals surface area contributed by atoms with Crippen molar-refractivity contribution >= 4 is 28.3 Å². The maximum atomic E-state index is 13.5. The lowest BCUT2D eigenvalue weighted by Gasteiger charge is -2.29. The second kappa shape index (κ2) is 13.0. The van der Waals surface area contributed by atoms with Crippen molar-refractivity contribution in [2.24, 2.45) is 0 Å². The molecule has 0 spiro atoms. The molecule has 4 aromatic carbocycles. The molecule has 1 N–H and O–H groups in total. The Bertz CT molecular complexity index is 1630. The molecular weight excluding hydrogens is 586 g/mol. The van der Waals surface area contributed by atoms with Gasteiger partial charge in [-0.05, 0) is 72.0 Å². The Morgan fingerprint density at radius 3 is 2.09 bits per heavy atom. The monoisotopic (exact) mass is 616 g/mol. The van der Waals surface area contributed by atoms with Crippen LogP contribution in [0, 0.1) is 6.92 Å². The zero-order valence-corrected chi connectivity index (χ0v) is 24.1. The van der Waals surface area contributed by atoms with Crippen LogP contribution in [-0.2, 0) is 23.6 Å². The van der Waals surface area contributed by atoms with Crippen molar-refractivity contribution in [2.75, 3.05) is 19.5 Å². The van der Waals surface area contributed by atoms with Crippen LogP contribution in [0.3, 0.4) is 0 Å². The molecular formula is C33H30F6N2O3. The molecule has 232 valence electrons. The van der Waals surface area contributed by atoms with E-state index in [1.807, 2.05) is 55.5 Å². The SMILES string of the molecule is COc1ccc(C)cc1NC(=O)CCC(Cc1ccc2ccccc2c1)N(C)C(=O)c1cc(C(F)(F)F)cc(C(F)(F)F)c1. The Labute approximate surface area is 250 Å². The van der Waals surface area contributed by atoms with Gasteiger partial charge in [-0.25, -0.2) is 0 Å². The van der Waals surface area contributed by atoms with Crippen LogP contribution in [0.1, 0.15) is 45.5 Å². The lowest BCUT2D eigenvalue weighted by atomic mass is 9.96. The summed E-state index contributed by atoms with van der Waals surface area (Å²) >= 11 is 0. The van der Waals surface area contributed by atoms with Crippen molar-refractivity contribution < 1.29 is 40.7 Å². The molecule has 4 aromatic rings. The zero-order valence-electron chi connectivity index (χ0n) is 24.1. The van der Waals surface area contributed by atoms with E-state index < -0.39 is 46.9 Å². The van der Waals surface area contributed by atoms with Gasteiger partial charge < -0.3 is 15.0 Å². The van der Waals surface area contributed by atoms with Crippen molar-refractivity contribution in [1.29, 1.82) is 0 Å². The number of hydrogen-bond donors (Lipinski definition) is 1. The Hall–Kier alpha value is -4.54. The van der Waals surface area contributed by atoms with Gasteiger partial charge in [0.2, 0.25) is 5.91 Å². The van der Waals surface area contributed by atoms with Crippen LogP contribution in [-0.4, -0.2) is 36.9 Å². The predicted molar refractivity (Wildman–Crippen MR) is 156 cm³/mol. The number of halogens is 6. The van der Waals surface area contributed by atoms with Crippen molar-refractivity contribution in [2.45, 2.75) is 44.6 Å². The number of nitrogens with one attached hydrogen (secondary N) is 1. The molecule has 5 nitrogen and oxygen atoms in total. The van der Waals surface area contributed by atoms with Crippen LogP contribution in [0.25, 0.3) is 10.8 Å². The van der Waals surface area contributed by atoms with Gasteiger partial charge in [0.15, 0.2) is 0 Å². The fourth-order valence-electron chi connectivity index (χ4n) is 4.95. The summed E-state index contributed by atoms with van der Waals surface area (Å²) in [6.45, 7) is 1.84. The standard InChI is InChI=1S/C33H30F6N2O3/c1-20-8-12-29(44-3)28(14-20)40-30(42)13-11-27(16-21-9-10-22-6-4-5-7-23(22)15-21)41(2)31(43)24-17-25(32(34,35)36)19-26(18-24)33(37,38)39/h4-10,12,14-15,17-19,27H,11,13,16H2,1-3H3,(H,40,42). The fourth-order valence-corrected chi connectivity index (χ4v) is 4.95. The van der Waals surface area contributed by atoms with E-state index in [-0.39, 0.29) is 25.3 Å². The van der Waals surface area contributed by atoms with Crippen LogP contribution in [0.5, 0.6) is 5.75 Å². The highest BCUT2D eigenvalue weighted by Crippen LogP contribution is 2.37. The fraction of sp³-hybridized carbons (Fsp3) is 0.273. The number of alkyl halides is 6. The summed E-state index contributed by atoms with van der Waals surface area (Å²) in [7, 11) is 2.77. The molecule has 0 radical (unpaired) electrons. The van der Waals surface area contributed by atoms with E-state index >= 15 is 0 Å². The number of ether oxygens (including phenoxy) is 1. The molecule has 0 bridgehead atoms. The number of carbonyl (C=O) groups excluding carboxylic acids is 2. The van der Waals surface area contributed by atoms with Gasteiger partial charge in [-0.3, -0.25) is 9.59 Å². The third kappa shape index (κ3) is 7.89. The minimum Gasteiger partial charge on any atom is -0.495 e. The summed E-state index contributed by atoms with van der Waals surface area (Å²) < 4.78 is 86.3. The minimum absolute atomic E-state index is 0.0206. The summed E-state index contributed by atoms with van der Waals surface area (Å²) in [4.78, 5) is 27.6. The van der Waals surface area contributed by atoms with E-state index in [0.717, 1.165) is 26.8 Å². The van der Waals surface area contributed by atoms with Crippen molar-refractivity contribution in [3.05, 3.63) is 107 Å². The molecule has 1 unspecified atom stereocenters. The van der Waals surface area contributed by atoms with Gasteiger partial charge in [-0.2, -0.15) is 26.3 Å². The lowest BCUT2D eigenvalue weighted by molar-refractivity contribution is -0.143. The minimum atomic E-state index is -5.10. The Morgan fingerprint density at radius 1 is 0.841 bits per heavy atom. The number of amides is 2. The van der Waals surface area contributed by atoms with Crippen molar-refractivity contribution in [3.63, 3.8) is 0 Å². The third-order valence-electron chi connectivity index (χ3n) is 7.32. The number of rotatable bonds is 9. The maximum Gasteiger partial charge on any atom is 0.416 e. The number of nitrogens with zero attached hydrogens (tertiary/aromatic N) is 1. The Balaban J connectivity index is 1.64. The van der Waals surface area contributed by atoms with E-state index in [9.17, 15) is 35.9 Å². The summed E-state index contributed by atoms with van der Waals surface area (Å²) in [6, 6.07) is 18.4. The van der Waals surface area contributed by atoms with E-state index in [4.69, 9.17) is 4.74 Å². The van der Waals surface area contributed by atoms with Gasteiger partial charge in [0.25, 0.3) is 5.91 Å². The summed E-state index contributed by atoms with van der Waals surface area (Å²) in [6.07, 6.45) is -10.0. The van der Waals surface area contributed by atoms with E-state index in [2.05, 4.69) is 5.32 Å². The van der Waals surface area contributed by atoms with Gasteiger partial charge in [-0.1, -0.05) is 48.5 Å². The number of hydrogen-bond acceptors (Lipinski definition) is 3. The lowest BCUT2D eigenvalue weighted by Crippen LogP contribution is -2.39. The number of fused-ring (bicyclic) bond motifs is 1. The number of methoxy groups -OCH3 is 1. The molecule has 1 atom stereocenters. The molecule has 4 rings (SSSR count). The summed E-state index contributed by atoms with van der Waals surface area (Å²) in [5, 5.41) is 4.65. The molecule has 0 heterocycles. The molecule has 11 heteroatoms. The maximum absolute atomic E-state index is 13.5. The molecule has 2 amide bonds. The largest absolute Gasteiger partial charge is 0.495 e. The smallest absolute Gasteiger partial charge is 0.416 e. The first-order valence-electron chi connectivity index (χ1n) is 13.6. The van der Waals surface area contributed by atoms with E-state index in [1.54, 1.807) is 12.1 Å². The zero-order chi connectivity index (χ0) is 32.2. The highest BCUT2D eigenvalue weighted by molar-refractivity contribution is 5.95. The van der Waals surface area contributed by atoms with E-state index in [0.29, 0.717) is 23.6 Å². The van der Waals surface area contributed by atoms with Crippen LogP contribution in [0.4, 0.5) is 32.0 Å². The molecule has 0 aliphatic carbocycles. The van der Waals surface area contributed by atoms with Crippen LogP contribution < -0.4 is 10.1 Å². The topological polar surface area (TPSA) is 58.6 Å². The number of aryl methyl sites for hydroxylation is 1. The normalized spacial score (nSPS) is 12.6. The van der Waals surface area contributed by atoms with Crippen LogP contribution in [0.15, 0.2) is 78.9 Å². The number of anilines is 1. The molecule has 0 aliphatic heterocycles. The first-order valence-corrected chi connectivity index (χ1v) is 13.6. The van der Waals surface area contributed by atoms with Gasteiger partial charge >= 0.3 is 12.4 Å². The highest BCUT2D eigenvalue weighted by atomic mass is 19.4. The van der Waals surface area contributed by atoms with Crippen molar-refractivity contribution in [1.82, 2.24) is 4.90 Å². The molecule has 44 heavy (non-hydrogen) atoms. The number of likely N-dealkylation sites (N-methyl/N-ethyl adjacent to an activating group) is 1. The molecule has 0 saturated heterocycles. The van der Waals surface area contributed by atoms with Crippen molar-refractivity contribution in [3.8, 4) is 5.75 Å². The van der Waals surface area contributed by atoms with E-state index in [1.165, 1.54) is 14.2 Å². The van der Waals surface area contributed by atoms with Gasteiger partial charge in [0.05, 0.1) is 23.9 Å². The Kier molecular flexibility index (Phi) is 9.56. The molecule has 0 saturated carbocycles. The Morgan fingerprint density at radius 2 is 1.48 bits per heavy atom. The number of carbonyl (C=O) groups is 2. The molecule has 0 aliphatic rings. The quantitative estimate of drug-likeness (QED) is 0.193.